The van der Waals surface area contributed by atoms with Crippen molar-refractivity contribution < 1.29 is 0 Å². The molecule has 56 valence electrons. The third kappa shape index (κ3) is 5.25. The van der Waals surface area contributed by atoms with Crippen LogP contribution in [0.25, 0.3) is 6.08 Å². The van der Waals surface area contributed by atoms with Crippen LogP contribution in [-0.4, -0.2) is 0 Å². The number of thiocyanates is 1. The molecule has 0 aliphatic heterocycles. The molecule has 0 spiro atoms. The van der Waals surface area contributed by atoms with E-state index in [2.05, 4.69) is 19.2 Å². The highest BCUT2D eigenvalue weighted by molar-refractivity contribution is 7.85. The third-order valence-corrected chi connectivity index (χ3v) is 1.04. The highest BCUT2D eigenvalue weighted by Gasteiger charge is 1.75. The standard InChI is InChI=1S/C8H8.CHNS/c1-2-8-6-4-3-5-7-8;2-1-3/h2-7H,1H2;3H. The molecule has 0 saturated heterocycles. The van der Waals surface area contributed by atoms with Gasteiger partial charge in [0.2, 0.25) is 0 Å². The van der Waals surface area contributed by atoms with Crippen molar-refractivity contribution >= 4 is 18.7 Å². The predicted octanol–water partition coefficient (Wildman–Crippen LogP) is 2.73. The molecule has 0 N–H and O–H groups in total. The first-order valence-electron chi connectivity index (χ1n) is 3.05. The number of benzene rings is 1. The summed E-state index contributed by atoms with van der Waals surface area (Å²) >= 11 is 3.09. The Balaban J connectivity index is 0.000000292. The van der Waals surface area contributed by atoms with Gasteiger partial charge in [-0.25, -0.2) is 0 Å². The maximum atomic E-state index is 7.18. The van der Waals surface area contributed by atoms with Crippen molar-refractivity contribution in [1.82, 2.24) is 0 Å². The Hall–Kier alpha value is -1.20. The number of nitriles is 1. The van der Waals surface area contributed by atoms with Crippen LogP contribution < -0.4 is 0 Å². The zero-order valence-corrected chi connectivity index (χ0v) is 6.96. The Kier molecular flexibility index (Phi) is 6.16. The highest BCUT2D eigenvalue weighted by atomic mass is 32.1. The van der Waals surface area contributed by atoms with Gasteiger partial charge >= 0.3 is 0 Å². The quantitative estimate of drug-likeness (QED) is 0.499. The lowest BCUT2D eigenvalue weighted by atomic mass is 10.2. The molecule has 0 aliphatic carbocycles. The lowest BCUT2D eigenvalue weighted by Crippen LogP contribution is -1.63. The van der Waals surface area contributed by atoms with E-state index in [1.807, 2.05) is 36.4 Å². The van der Waals surface area contributed by atoms with Crippen LogP contribution in [0.3, 0.4) is 0 Å². The molecule has 0 unspecified atom stereocenters. The maximum absolute atomic E-state index is 7.18. The SMILES string of the molecule is C=Cc1ccccc1.N#CS. The number of hydrogen-bond donors (Lipinski definition) is 1. The Morgan fingerprint density at radius 3 is 2.09 bits per heavy atom. The van der Waals surface area contributed by atoms with Crippen LogP contribution in [0.4, 0.5) is 0 Å². The molecule has 0 aromatic heterocycles. The number of hydrogen-bond acceptors (Lipinski definition) is 2. The molecule has 0 saturated carbocycles. The van der Waals surface area contributed by atoms with Gasteiger partial charge < -0.3 is 0 Å². The summed E-state index contributed by atoms with van der Waals surface area (Å²) in [5, 5.41) is 8.63. The smallest absolute Gasteiger partial charge is 0.130 e. The second kappa shape index (κ2) is 6.91. The predicted molar refractivity (Wildman–Crippen MR) is 51.1 cm³/mol. The number of thiol groups is 1. The van der Waals surface area contributed by atoms with E-state index in [0.717, 1.165) is 0 Å². The maximum Gasteiger partial charge on any atom is 0.130 e. The molecule has 1 aromatic carbocycles. The zero-order valence-electron chi connectivity index (χ0n) is 6.07. The summed E-state index contributed by atoms with van der Waals surface area (Å²) < 4.78 is 0. The molecule has 0 fully saturated rings. The summed E-state index contributed by atoms with van der Waals surface area (Å²) in [5.74, 6) is 0. The van der Waals surface area contributed by atoms with Crippen LogP contribution in [-0.2, 0) is 0 Å². The summed E-state index contributed by atoms with van der Waals surface area (Å²) in [6.07, 6.45) is 1.83. The Bertz CT molecular complexity index is 235. The zero-order chi connectivity index (χ0) is 8.53. The monoisotopic (exact) mass is 163 g/mol. The lowest BCUT2D eigenvalue weighted by molar-refractivity contribution is 1.57. The van der Waals surface area contributed by atoms with Crippen molar-refractivity contribution in [2.45, 2.75) is 0 Å². The van der Waals surface area contributed by atoms with Crippen LogP contribution in [0.2, 0.25) is 0 Å². The molecule has 0 aliphatic rings. The molecule has 1 nitrogen and oxygen atoms in total. The van der Waals surface area contributed by atoms with Crippen LogP contribution in [0.15, 0.2) is 36.9 Å². The van der Waals surface area contributed by atoms with Crippen LogP contribution >= 0.6 is 12.6 Å². The lowest BCUT2D eigenvalue weighted by Gasteiger charge is -1.85. The summed E-state index contributed by atoms with van der Waals surface area (Å²) in [6, 6.07) is 10.0. The summed E-state index contributed by atoms with van der Waals surface area (Å²) in [6.45, 7) is 3.63. The molecule has 0 radical (unpaired) electrons. The van der Waals surface area contributed by atoms with Gasteiger partial charge in [-0.3, -0.25) is 0 Å². The minimum absolute atomic E-state index is 1.17. The fraction of sp³-hybridized carbons (Fsp3) is 0. The van der Waals surface area contributed by atoms with E-state index in [4.69, 9.17) is 5.26 Å². The number of rotatable bonds is 1. The molecule has 0 atom stereocenters. The molecule has 0 heterocycles. The molecule has 1 aromatic rings. The van der Waals surface area contributed by atoms with E-state index in [-0.39, 0.29) is 0 Å². The average molecular weight is 163 g/mol. The van der Waals surface area contributed by atoms with Crippen LogP contribution in [0.5, 0.6) is 0 Å². The molecule has 1 rings (SSSR count). The van der Waals surface area contributed by atoms with Crippen molar-refractivity contribution in [3.05, 3.63) is 42.5 Å². The first kappa shape index (κ1) is 9.80. The van der Waals surface area contributed by atoms with E-state index < -0.39 is 0 Å². The fourth-order valence-electron chi connectivity index (χ4n) is 0.589. The molecular weight excluding hydrogens is 154 g/mol. The first-order chi connectivity index (χ1) is 5.35. The summed E-state index contributed by atoms with van der Waals surface area (Å²) in [4.78, 5) is 0. The summed E-state index contributed by atoms with van der Waals surface area (Å²) in [5.41, 5.74) is 1.17. The van der Waals surface area contributed by atoms with Gasteiger partial charge in [-0.05, 0) is 5.56 Å². The largest absolute Gasteiger partial charge is 0.185 e. The molecule has 0 amide bonds. The van der Waals surface area contributed by atoms with Gasteiger partial charge in [-0.2, -0.15) is 5.26 Å². The average Bonchev–Trinajstić information content (AvgIpc) is 2.08. The second-order valence-corrected chi connectivity index (χ2v) is 1.91. The Labute approximate surface area is 72.4 Å². The van der Waals surface area contributed by atoms with E-state index in [1.54, 1.807) is 0 Å². The van der Waals surface area contributed by atoms with E-state index in [0.29, 0.717) is 0 Å². The van der Waals surface area contributed by atoms with E-state index >= 15 is 0 Å². The van der Waals surface area contributed by atoms with Gasteiger partial charge in [0.05, 0.1) is 0 Å². The van der Waals surface area contributed by atoms with Gasteiger partial charge in [0.15, 0.2) is 0 Å². The van der Waals surface area contributed by atoms with Crippen LogP contribution in [0, 0.1) is 10.7 Å². The molecule has 2 heteroatoms. The van der Waals surface area contributed by atoms with Crippen molar-refractivity contribution in [3.63, 3.8) is 0 Å². The van der Waals surface area contributed by atoms with Gasteiger partial charge in [-0.1, -0.05) is 55.6 Å². The Morgan fingerprint density at radius 2 is 1.82 bits per heavy atom. The van der Waals surface area contributed by atoms with Gasteiger partial charge in [-0.15, -0.1) is 0 Å². The van der Waals surface area contributed by atoms with Crippen molar-refractivity contribution in [2.75, 3.05) is 0 Å². The topological polar surface area (TPSA) is 23.8 Å². The Morgan fingerprint density at radius 1 is 1.36 bits per heavy atom. The van der Waals surface area contributed by atoms with Gasteiger partial charge in [0.1, 0.15) is 5.40 Å². The normalized spacial score (nSPS) is 6.91. The van der Waals surface area contributed by atoms with Gasteiger partial charge in [0, 0.05) is 0 Å². The van der Waals surface area contributed by atoms with Crippen molar-refractivity contribution in [2.24, 2.45) is 0 Å². The minimum atomic E-state index is 1.17. The van der Waals surface area contributed by atoms with E-state index in [1.165, 1.54) is 11.0 Å². The number of nitrogens with zero attached hydrogens (tertiary/aromatic N) is 1. The first-order valence-corrected chi connectivity index (χ1v) is 3.50. The third-order valence-electron chi connectivity index (χ3n) is 1.04. The second-order valence-electron chi connectivity index (χ2n) is 1.71. The van der Waals surface area contributed by atoms with Gasteiger partial charge in [0.25, 0.3) is 0 Å². The minimum Gasteiger partial charge on any atom is -0.185 e. The van der Waals surface area contributed by atoms with E-state index in [9.17, 15) is 0 Å². The van der Waals surface area contributed by atoms with Crippen molar-refractivity contribution in [3.8, 4) is 5.40 Å². The fourth-order valence-corrected chi connectivity index (χ4v) is 0.589. The molecule has 0 bridgehead atoms. The summed E-state index contributed by atoms with van der Waals surface area (Å²) in [7, 11) is 0. The molecular formula is C9H9NS. The van der Waals surface area contributed by atoms with Crippen LogP contribution in [0.1, 0.15) is 5.56 Å². The highest BCUT2D eigenvalue weighted by Crippen LogP contribution is 1.97. The molecule has 11 heavy (non-hydrogen) atoms. The van der Waals surface area contributed by atoms with Crippen molar-refractivity contribution in [1.29, 1.82) is 5.26 Å².